The van der Waals surface area contributed by atoms with E-state index in [1.54, 1.807) is 24.3 Å². The molecule has 0 aliphatic carbocycles. The highest BCUT2D eigenvalue weighted by Crippen LogP contribution is 2.27. The smallest absolute Gasteiger partial charge is 0.414 e. The molecule has 0 fully saturated rings. The Morgan fingerprint density at radius 2 is 2.00 bits per heavy atom. The number of benzene rings is 1. The van der Waals surface area contributed by atoms with E-state index in [9.17, 15) is 13.2 Å². The van der Waals surface area contributed by atoms with Gasteiger partial charge in [-0.3, -0.25) is 0 Å². The normalized spacial score (nSPS) is 14.4. The van der Waals surface area contributed by atoms with Crippen molar-refractivity contribution in [1.29, 1.82) is 0 Å². The van der Waals surface area contributed by atoms with Gasteiger partial charge in [-0.1, -0.05) is 31.4 Å². The number of aliphatic hydroxyl groups excluding tert-OH is 1. The summed E-state index contributed by atoms with van der Waals surface area (Å²) in [5, 5.41) is 9.14. The maximum Gasteiger partial charge on any atom is 0.414 e. The minimum absolute atomic E-state index is 0.364. The van der Waals surface area contributed by atoms with Gasteiger partial charge in [-0.15, -0.1) is 6.42 Å². The predicted molar refractivity (Wildman–Crippen MR) is 70.4 cm³/mol. The van der Waals surface area contributed by atoms with Gasteiger partial charge in [0.15, 0.2) is 6.10 Å². The number of rotatable bonds is 6. The second kappa shape index (κ2) is 7.20. The van der Waals surface area contributed by atoms with Gasteiger partial charge in [-0.2, -0.15) is 13.2 Å². The molecule has 2 atom stereocenters. The molecule has 1 rings (SSSR count). The zero-order chi connectivity index (χ0) is 15.2. The minimum Gasteiger partial charge on any atom is -0.489 e. The molecule has 5 heteroatoms. The van der Waals surface area contributed by atoms with Crippen LogP contribution in [0, 0.1) is 12.3 Å². The van der Waals surface area contributed by atoms with Crippen molar-refractivity contribution in [2.24, 2.45) is 0 Å². The van der Waals surface area contributed by atoms with Gasteiger partial charge < -0.3 is 9.84 Å². The highest BCUT2D eigenvalue weighted by molar-refractivity contribution is 5.44. The van der Waals surface area contributed by atoms with Crippen molar-refractivity contribution in [1.82, 2.24) is 0 Å². The maximum atomic E-state index is 12.4. The van der Waals surface area contributed by atoms with Crippen LogP contribution in [-0.4, -0.2) is 23.5 Å². The van der Waals surface area contributed by atoms with E-state index >= 15 is 0 Å². The van der Waals surface area contributed by atoms with E-state index in [-0.39, 0.29) is 0 Å². The third-order valence-corrected chi connectivity index (χ3v) is 2.81. The molecule has 110 valence electrons. The summed E-state index contributed by atoms with van der Waals surface area (Å²) in [6.07, 6.45) is -1.90. The highest BCUT2D eigenvalue weighted by atomic mass is 19.4. The lowest BCUT2D eigenvalue weighted by molar-refractivity contribution is -0.210. The third-order valence-electron chi connectivity index (χ3n) is 2.81. The number of alkyl halides is 3. The van der Waals surface area contributed by atoms with Crippen LogP contribution in [0.2, 0.25) is 0 Å². The number of hydrogen-bond donors (Lipinski definition) is 1. The Bertz CT molecular complexity index is 463. The molecule has 20 heavy (non-hydrogen) atoms. The second-order valence-corrected chi connectivity index (χ2v) is 4.46. The molecule has 0 amide bonds. The summed E-state index contributed by atoms with van der Waals surface area (Å²) in [6, 6.07) is 6.68. The first-order valence-electron chi connectivity index (χ1n) is 6.35. The maximum absolute atomic E-state index is 12.4. The van der Waals surface area contributed by atoms with Gasteiger partial charge in [0.2, 0.25) is 0 Å². The Morgan fingerprint density at radius 1 is 1.35 bits per heavy atom. The predicted octanol–water partition coefficient (Wildman–Crippen LogP) is 3.53. The molecule has 0 radical (unpaired) electrons. The highest BCUT2D eigenvalue weighted by Gasteiger charge is 2.39. The van der Waals surface area contributed by atoms with E-state index in [1.165, 1.54) is 0 Å². The van der Waals surface area contributed by atoms with Gasteiger partial charge in [0.25, 0.3) is 0 Å². The van der Waals surface area contributed by atoms with E-state index in [4.69, 9.17) is 16.3 Å². The van der Waals surface area contributed by atoms with E-state index in [2.05, 4.69) is 5.92 Å². The summed E-state index contributed by atoms with van der Waals surface area (Å²) in [5.74, 6) is 2.78. The summed E-state index contributed by atoms with van der Waals surface area (Å²) in [6.45, 7) is 1.84. The fraction of sp³-hybridized carbons (Fsp3) is 0.467. The van der Waals surface area contributed by atoms with Crippen LogP contribution >= 0.6 is 0 Å². The molecule has 0 aromatic heterocycles. The molecule has 0 aliphatic rings. The topological polar surface area (TPSA) is 29.5 Å². The number of hydrogen-bond acceptors (Lipinski definition) is 2. The van der Waals surface area contributed by atoms with Gasteiger partial charge in [-0.05, 0) is 18.6 Å². The summed E-state index contributed by atoms with van der Waals surface area (Å²) in [5.41, 5.74) is 0.482. The van der Waals surface area contributed by atoms with Gasteiger partial charge in [0, 0.05) is 6.42 Å². The first kappa shape index (κ1) is 16.4. The average Bonchev–Trinajstić information content (AvgIpc) is 2.38. The summed E-state index contributed by atoms with van der Waals surface area (Å²) >= 11 is 0. The molecule has 0 saturated heterocycles. The van der Waals surface area contributed by atoms with E-state index in [1.807, 2.05) is 6.92 Å². The van der Waals surface area contributed by atoms with E-state index < -0.39 is 24.8 Å². The first-order chi connectivity index (χ1) is 9.38. The first-order valence-corrected chi connectivity index (χ1v) is 6.35. The van der Waals surface area contributed by atoms with Crippen molar-refractivity contribution in [2.45, 2.75) is 44.6 Å². The van der Waals surface area contributed by atoms with Gasteiger partial charge in [-0.25, -0.2) is 0 Å². The Hall–Kier alpha value is -1.67. The van der Waals surface area contributed by atoms with Crippen molar-refractivity contribution < 1.29 is 23.0 Å². The summed E-state index contributed by atoms with van der Waals surface area (Å²) < 4.78 is 42.7. The Morgan fingerprint density at radius 3 is 2.55 bits per heavy atom. The minimum atomic E-state index is -4.64. The number of halogens is 3. The molecule has 1 aromatic carbocycles. The largest absolute Gasteiger partial charge is 0.489 e. The Labute approximate surface area is 116 Å². The van der Waals surface area contributed by atoms with Crippen LogP contribution in [0.1, 0.15) is 31.7 Å². The third kappa shape index (κ3) is 4.78. The quantitative estimate of drug-likeness (QED) is 0.811. The fourth-order valence-electron chi connectivity index (χ4n) is 1.80. The summed E-state index contributed by atoms with van der Waals surface area (Å²) in [4.78, 5) is 0. The van der Waals surface area contributed by atoms with Gasteiger partial charge >= 0.3 is 6.18 Å². The standard InChI is InChI=1S/C15H17F3O2/c1-3-7-12(10-14(19)15(16,17)18)20-13-9-6-5-8-11(13)4-2/h2,5-6,8-9,12,14,19H,3,7,10H2,1H3. The van der Waals surface area contributed by atoms with Crippen LogP contribution in [-0.2, 0) is 0 Å². The van der Waals surface area contributed by atoms with Crippen LogP contribution in [0.25, 0.3) is 0 Å². The molecule has 2 nitrogen and oxygen atoms in total. The van der Waals surface area contributed by atoms with Crippen molar-refractivity contribution in [3.05, 3.63) is 29.8 Å². The molecule has 0 saturated carbocycles. The zero-order valence-electron chi connectivity index (χ0n) is 11.2. The number of aliphatic hydroxyl groups is 1. The fourth-order valence-corrected chi connectivity index (χ4v) is 1.80. The van der Waals surface area contributed by atoms with E-state index in [0.29, 0.717) is 24.2 Å². The molecular formula is C15H17F3O2. The number of terminal acetylenes is 1. The Kier molecular flexibility index (Phi) is 5.90. The number of ether oxygens (including phenoxy) is 1. The molecule has 1 N–H and O–H groups in total. The van der Waals surface area contributed by atoms with Crippen molar-refractivity contribution >= 4 is 0 Å². The lowest BCUT2D eigenvalue weighted by Crippen LogP contribution is -2.34. The molecule has 1 aromatic rings. The van der Waals surface area contributed by atoms with Crippen LogP contribution in [0.15, 0.2) is 24.3 Å². The van der Waals surface area contributed by atoms with Crippen LogP contribution in [0.5, 0.6) is 5.75 Å². The second-order valence-electron chi connectivity index (χ2n) is 4.46. The van der Waals surface area contributed by atoms with Crippen molar-refractivity contribution in [3.63, 3.8) is 0 Å². The van der Waals surface area contributed by atoms with Crippen LogP contribution in [0.4, 0.5) is 13.2 Å². The Balaban J connectivity index is 2.80. The molecule has 0 heterocycles. The lowest BCUT2D eigenvalue weighted by atomic mass is 10.1. The molecule has 2 unspecified atom stereocenters. The van der Waals surface area contributed by atoms with Gasteiger partial charge in [0.05, 0.1) is 5.56 Å². The van der Waals surface area contributed by atoms with Crippen molar-refractivity contribution in [3.8, 4) is 18.1 Å². The van der Waals surface area contributed by atoms with Crippen LogP contribution < -0.4 is 4.74 Å². The monoisotopic (exact) mass is 286 g/mol. The molecule has 0 spiro atoms. The average molecular weight is 286 g/mol. The van der Waals surface area contributed by atoms with Crippen LogP contribution in [0.3, 0.4) is 0 Å². The van der Waals surface area contributed by atoms with E-state index in [0.717, 1.165) is 0 Å². The lowest BCUT2D eigenvalue weighted by Gasteiger charge is -2.23. The molecule has 0 bridgehead atoms. The summed E-state index contributed by atoms with van der Waals surface area (Å²) in [7, 11) is 0. The van der Waals surface area contributed by atoms with Gasteiger partial charge in [0.1, 0.15) is 11.9 Å². The SMILES string of the molecule is C#Cc1ccccc1OC(CCC)CC(O)C(F)(F)F. The molecule has 0 aliphatic heterocycles. The van der Waals surface area contributed by atoms with Crippen molar-refractivity contribution in [2.75, 3.05) is 0 Å². The molecular weight excluding hydrogens is 269 g/mol. The zero-order valence-corrected chi connectivity index (χ0v) is 11.2. The number of para-hydroxylation sites is 1.